The van der Waals surface area contributed by atoms with Gasteiger partial charge in [-0.3, -0.25) is 4.79 Å². The Bertz CT molecular complexity index is 659. The molecule has 0 aliphatic carbocycles. The van der Waals surface area contributed by atoms with Crippen LogP contribution < -0.4 is 10.1 Å². The smallest absolute Gasteiger partial charge is 0.249 e. The highest BCUT2D eigenvalue weighted by Gasteiger charge is 2.25. The van der Waals surface area contributed by atoms with Crippen molar-refractivity contribution in [3.8, 4) is 17.1 Å². The second kappa shape index (κ2) is 6.17. The molecule has 0 spiro atoms. The quantitative estimate of drug-likeness (QED) is 0.939. The van der Waals surface area contributed by atoms with Crippen molar-refractivity contribution in [1.82, 2.24) is 15.5 Å². The van der Waals surface area contributed by atoms with E-state index in [0.29, 0.717) is 17.5 Å². The molecular weight excluding hydrogens is 282 g/mol. The predicted octanol–water partition coefficient (Wildman–Crippen LogP) is 2.97. The van der Waals surface area contributed by atoms with E-state index in [4.69, 9.17) is 9.26 Å². The number of hydrogen-bond acceptors (Lipinski definition) is 5. The third-order valence-corrected chi connectivity index (χ3v) is 3.19. The number of nitrogens with zero attached hydrogens (tertiary/aromatic N) is 2. The van der Waals surface area contributed by atoms with Crippen molar-refractivity contribution < 1.29 is 14.1 Å². The molecule has 0 bridgehead atoms. The van der Waals surface area contributed by atoms with Gasteiger partial charge in [0, 0.05) is 5.41 Å². The molecule has 2 aromatic rings. The molecule has 0 radical (unpaired) electrons. The van der Waals surface area contributed by atoms with Crippen LogP contribution in [0.1, 0.15) is 39.6 Å². The molecule has 1 atom stereocenters. The fourth-order valence-corrected chi connectivity index (χ4v) is 1.82. The van der Waals surface area contributed by atoms with Gasteiger partial charge >= 0.3 is 0 Å². The van der Waals surface area contributed by atoms with Crippen LogP contribution in [0.4, 0.5) is 0 Å². The third-order valence-electron chi connectivity index (χ3n) is 3.19. The molecule has 1 N–H and O–H groups in total. The highest BCUT2D eigenvalue weighted by molar-refractivity contribution is 5.81. The van der Waals surface area contributed by atoms with Gasteiger partial charge in [-0.2, -0.15) is 4.98 Å². The first kappa shape index (κ1) is 16.0. The molecule has 1 aromatic carbocycles. The van der Waals surface area contributed by atoms with Crippen molar-refractivity contribution in [2.45, 2.75) is 33.7 Å². The predicted molar refractivity (Wildman–Crippen MR) is 82.3 cm³/mol. The van der Waals surface area contributed by atoms with Gasteiger partial charge in [0.2, 0.25) is 17.6 Å². The van der Waals surface area contributed by atoms with E-state index in [1.165, 1.54) is 0 Å². The first-order valence-electron chi connectivity index (χ1n) is 7.11. The van der Waals surface area contributed by atoms with Crippen LogP contribution in [0.2, 0.25) is 0 Å². The summed E-state index contributed by atoms with van der Waals surface area (Å²) in [4.78, 5) is 16.4. The molecule has 1 unspecified atom stereocenters. The number of hydrogen-bond donors (Lipinski definition) is 1. The summed E-state index contributed by atoms with van der Waals surface area (Å²) >= 11 is 0. The molecule has 0 saturated heterocycles. The van der Waals surface area contributed by atoms with Crippen LogP contribution in [0.15, 0.2) is 28.8 Å². The Kier molecular flexibility index (Phi) is 4.49. The number of carbonyl (C=O) groups excluding carboxylic acids is 1. The Labute approximate surface area is 129 Å². The summed E-state index contributed by atoms with van der Waals surface area (Å²) in [7, 11) is 1.59. The average molecular weight is 303 g/mol. The monoisotopic (exact) mass is 303 g/mol. The van der Waals surface area contributed by atoms with Crippen molar-refractivity contribution in [2.75, 3.05) is 7.11 Å². The van der Waals surface area contributed by atoms with Gasteiger partial charge in [-0.15, -0.1) is 0 Å². The Morgan fingerprint density at radius 3 is 2.64 bits per heavy atom. The van der Waals surface area contributed by atoms with Gasteiger partial charge in [0.1, 0.15) is 11.8 Å². The van der Waals surface area contributed by atoms with E-state index in [-0.39, 0.29) is 11.9 Å². The number of rotatable bonds is 4. The van der Waals surface area contributed by atoms with Crippen LogP contribution in [0.25, 0.3) is 11.4 Å². The molecule has 1 heterocycles. The number of amides is 1. The lowest BCUT2D eigenvalue weighted by molar-refractivity contribution is -0.129. The SMILES string of the molecule is COc1ccccc1-c1noc(C(C)NC(=O)C(C)(C)C)n1. The minimum Gasteiger partial charge on any atom is -0.496 e. The summed E-state index contributed by atoms with van der Waals surface area (Å²) in [5.41, 5.74) is 0.272. The Balaban J connectivity index is 2.19. The number of carbonyl (C=O) groups is 1. The van der Waals surface area contributed by atoms with Crippen molar-refractivity contribution in [1.29, 1.82) is 0 Å². The summed E-state index contributed by atoms with van der Waals surface area (Å²) < 4.78 is 10.5. The number of para-hydroxylation sites is 1. The summed E-state index contributed by atoms with van der Waals surface area (Å²) in [6, 6.07) is 7.07. The van der Waals surface area contributed by atoms with E-state index < -0.39 is 5.41 Å². The van der Waals surface area contributed by atoms with E-state index in [1.54, 1.807) is 7.11 Å². The zero-order chi connectivity index (χ0) is 16.3. The Morgan fingerprint density at radius 1 is 1.32 bits per heavy atom. The van der Waals surface area contributed by atoms with Crippen LogP contribution in [0.5, 0.6) is 5.75 Å². The average Bonchev–Trinajstić information content (AvgIpc) is 2.95. The molecule has 1 amide bonds. The van der Waals surface area contributed by atoms with Crippen LogP contribution in [0.3, 0.4) is 0 Å². The van der Waals surface area contributed by atoms with Gasteiger partial charge < -0.3 is 14.6 Å². The zero-order valence-electron chi connectivity index (χ0n) is 13.5. The zero-order valence-corrected chi connectivity index (χ0v) is 13.5. The molecule has 0 fully saturated rings. The van der Waals surface area contributed by atoms with Crippen LogP contribution in [0, 0.1) is 5.41 Å². The second-order valence-corrected chi connectivity index (χ2v) is 6.10. The fraction of sp³-hybridized carbons (Fsp3) is 0.438. The van der Waals surface area contributed by atoms with E-state index in [2.05, 4.69) is 15.5 Å². The lowest BCUT2D eigenvalue weighted by Crippen LogP contribution is -2.36. The van der Waals surface area contributed by atoms with Crippen molar-refractivity contribution in [3.05, 3.63) is 30.2 Å². The van der Waals surface area contributed by atoms with E-state index >= 15 is 0 Å². The fourth-order valence-electron chi connectivity index (χ4n) is 1.82. The van der Waals surface area contributed by atoms with E-state index in [1.807, 2.05) is 52.0 Å². The molecule has 0 saturated carbocycles. The molecule has 1 aromatic heterocycles. The van der Waals surface area contributed by atoms with Crippen LogP contribution in [-0.2, 0) is 4.79 Å². The first-order chi connectivity index (χ1) is 10.3. The summed E-state index contributed by atoms with van der Waals surface area (Å²) in [5.74, 6) is 1.39. The van der Waals surface area contributed by atoms with Crippen molar-refractivity contribution >= 4 is 5.91 Å². The van der Waals surface area contributed by atoms with Crippen molar-refractivity contribution in [2.24, 2.45) is 5.41 Å². The minimum absolute atomic E-state index is 0.0722. The number of nitrogens with one attached hydrogen (secondary N) is 1. The summed E-state index contributed by atoms with van der Waals surface area (Å²) in [6.45, 7) is 7.36. The lowest BCUT2D eigenvalue weighted by atomic mass is 9.95. The van der Waals surface area contributed by atoms with Gasteiger partial charge in [-0.25, -0.2) is 0 Å². The molecule has 0 aliphatic rings. The maximum absolute atomic E-state index is 12.0. The first-order valence-corrected chi connectivity index (χ1v) is 7.11. The Hall–Kier alpha value is -2.37. The van der Waals surface area contributed by atoms with Gasteiger partial charge in [0.25, 0.3) is 0 Å². The lowest BCUT2D eigenvalue weighted by Gasteiger charge is -2.19. The minimum atomic E-state index is -0.472. The van der Waals surface area contributed by atoms with E-state index in [0.717, 1.165) is 5.56 Å². The van der Waals surface area contributed by atoms with Gasteiger partial charge in [0.15, 0.2) is 0 Å². The molecule has 6 heteroatoms. The molecule has 2 rings (SSSR count). The van der Waals surface area contributed by atoms with Gasteiger partial charge in [0.05, 0.1) is 12.7 Å². The number of methoxy groups -OCH3 is 1. The van der Waals surface area contributed by atoms with Crippen LogP contribution in [-0.4, -0.2) is 23.2 Å². The van der Waals surface area contributed by atoms with Crippen LogP contribution >= 0.6 is 0 Å². The van der Waals surface area contributed by atoms with Crippen molar-refractivity contribution in [3.63, 3.8) is 0 Å². The Morgan fingerprint density at radius 2 is 2.00 bits per heavy atom. The topological polar surface area (TPSA) is 77.3 Å². The van der Waals surface area contributed by atoms with Gasteiger partial charge in [-0.1, -0.05) is 38.1 Å². The maximum atomic E-state index is 12.0. The summed E-state index contributed by atoms with van der Waals surface area (Å²) in [5, 5.41) is 6.83. The third kappa shape index (κ3) is 3.44. The highest BCUT2D eigenvalue weighted by atomic mass is 16.5. The molecule has 118 valence electrons. The number of benzene rings is 1. The standard InChI is InChI=1S/C16H21N3O3/c1-10(17-15(20)16(2,3)4)14-18-13(19-22-14)11-8-6-7-9-12(11)21-5/h6-10H,1-5H3,(H,17,20). The molecule has 6 nitrogen and oxygen atoms in total. The van der Waals surface area contributed by atoms with Gasteiger partial charge in [-0.05, 0) is 19.1 Å². The summed E-state index contributed by atoms with van der Waals surface area (Å²) in [6.07, 6.45) is 0. The number of aromatic nitrogens is 2. The second-order valence-electron chi connectivity index (χ2n) is 6.10. The molecule has 0 aliphatic heterocycles. The van der Waals surface area contributed by atoms with E-state index in [9.17, 15) is 4.79 Å². The number of ether oxygens (including phenoxy) is 1. The largest absolute Gasteiger partial charge is 0.496 e. The molecular formula is C16H21N3O3. The normalized spacial score (nSPS) is 12.8. The maximum Gasteiger partial charge on any atom is 0.249 e. The molecule has 22 heavy (non-hydrogen) atoms. The highest BCUT2D eigenvalue weighted by Crippen LogP contribution is 2.28.